The molecule has 0 aliphatic carbocycles. The van der Waals surface area contributed by atoms with Gasteiger partial charge < -0.3 is 18.8 Å². The summed E-state index contributed by atoms with van der Waals surface area (Å²) in [7, 11) is 0. The molecule has 0 bridgehead atoms. The summed E-state index contributed by atoms with van der Waals surface area (Å²) in [5.41, 5.74) is 1.23. The number of para-hydroxylation sites is 1. The number of hydrogen-bond donors (Lipinski definition) is 0. The zero-order valence-corrected chi connectivity index (χ0v) is 18.3. The molecule has 32 heavy (non-hydrogen) atoms. The monoisotopic (exact) mass is 435 g/mol. The number of fused-ring (bicyclic) bond motifs is 1. The highest BCUT2D eigenvalue weighted by molar-refractivity contribution is 6.02. The number of esters is 1. The molecule has 166 valence electrons. The van der Waals surface area contributed by atoms with Crippen LogP contribution < -0.4 is 5.43 Å². The lowest BCUT2D eigenvalue weighted by Crippen LogP contribution is -2.49. The van der Waals surface area contributed by atoms with Crippen molar-refractivity contribution in [1.29, 1.82) is 0 Å². The van der Waals surface area contributed by atoms with E-state index in [9.17, 15) is 14.4 Å². The third-order valence-electron chi connectivity index (χ3n) is 5.50. The molecule has 1 fully saturated rings. The Kier molecular flexibility index (Phi) is 6.10. The van der Waals surface area contributed by atoms with Gasteiger partial charge in [0, 0.05) is 24.2 Å². The van der Waals surface area contributed by atoms with Crippen LogP contribution in [0.4, 0.5) is 0 Å². The van der Waals surface area contributed by atoms with Gasteiger partial charge in [0.2, 0.25) is 0 Å². The lowest BCUT2D eigenvalue weighted by Gasteiger charge is -2.35. The van der Waals surface area contributed by atoms with E-state index in [-0.39, 0.29) is 34.7 Å². The lowest BCUT2D eigenvalue weighted by molar-refractivity contribution is -0.146. The molecule has 3 aromatic rings. The number of morpholine rings is 1. The standard InChI is InChI=1S/C25H25NO6/c1-15-12-26(13-16(2)31-15)21(27)14-30-25(29)20-11-7-10-19-22(28)17(3)23(32-24(19)20)18-8-5-4-6-9-18/h4-11,15-16H,12-14H2,1-3H3. The van der Waals surface area contributed by atoms with Crippen LogP contribution >= 0.6 is 0 Å². The van der Waals surface area contributed by atoms with Gasteiger partial charge in [0.15, 0.2) is 17.6 Å². The van der Waals surface area contributed by atoms with Crippen LogP contribution in [0.25, 0.3) is 22.3 Å². The van der Waals surface area contributed by atoms with Crippen LogP contribution in [-0.4, -0.2) is 48.7 Å². The van der Waals surface area contributed by atoms with Crippen molar-refractivity contribution in [2.45, 2.75) is 33.0 Å². The van der Waals surface area contributed by atoms with E-state index in [1.807, 2.05) is 44.2 Å². The lowest BCUT2D eigenvalue weighted by atomic mass is 10.0. The van der Waals surface area contributed by atoms with Crippen LogP contribution in [0.3, 0.4) is 0 Å². The second-order valence-electron chi connectivity index (χ2n) is 8.07. The third kappa shape index (κ3) is 4.29. The number of hydrogen-bond acceptors (Lipinski definition) is 6. The number of carbonyl (C=O) groups excluding carboxylic acids is 2. The van der Waals surface area contributed by atoms with E-state index in [1.54, 1.807) is 24.0 Å². The summed E-state index contributed by atoms with van der Waals surface area (Å²) in [6.07, 6.45) is -0.157. The van der Waals surface area contributed by atoms with Gasteiger partial charge in [-0.25, -0.2) is 4.79 Å². The molecule has 2 atom stereocenters. The van der Waals surface area contributed by atoms with Crippen LogP contribution in [0.2, 0.25) is 0 Å². The summed E-state index contributed by atoms with van der Waals surface area (Å²) in [4.78, 5) is 40.0. The first-order chi connectivity index (χ1) is 15.3. The number of ether oxygens (including phenoxy) is 2. The smallest absolute Gasteiger partial charge is 0.342 e. The Balaban J connectivity index is 1.61. The van der Waals surface area contributed by atoms with Crippen LogP contribution in [-0.2, 0) is 14.3 Å². The number of nitrogens with zero attached hydrogens (tertiary/aromatic N) is 1. The third-order valence-corrected chi connectivity index (χ3v) is 5.50. The Hall–Kier alpha value is -3.45. The summed E-state index contributed by atoms with van der Waals surface area (Å²) in [6, 6.07) is 14.0. The van der Waals surface area contributed by atoms with Gasteiger partial charge in [-0.2, -0.15) is 0 Å². The summed E-state index contributed by atoms with van der Waals surface area (Å²) >= 11 is 0. The minimum absolute atomic E-state index is 0.0783. The molecular formula is C25H25NO6. The van der Waals surface area contributed by atoms with Gasteiger partial charge in [-0.05, 0) is 32.9 Å². The molecule has 1 saturated heterocycles. The molecule has 0 saturated carbocycles. The fraction of sp³-hybridized carbons (Fsp3) is 0.320. The quantitative estimate of drug-likeness (QED) is 0.583. The maximum absolute atomic E-state index is 12.9. The molecule has 0 N–H and O–H groups in total. The molecule has 1 amide bonds. The molecule has 7 nitrogen and oxygen atoms in total. The van der Waals surface area contributed by atoms with Crippen molar-refractivity contribution in [3.05, 3.63) is 69.9 Å². The molecule has 2 heterocycles. The van der Waals surface area contributed by atoms with Gasteiger partial charge in [0.05, 0.1) is 17.6 Å². The maximum Gasteiger partial charge on any atom is 0.342 e. The normalized spacial score (nSPS) is 18.5. The number of amides is 1. The van der Waals surface area contributed by atoms with Gasteiger partial charge in [-0.1, -0.05) is 36.4 Å². The van der Waals surface area contributed by atoms with Crippen LogP contribution in [0.1, 0.15) is 29.8 Å². The molecule has 1 aromatic heterocycles. The zero-order valence-electron chi connectivity index (χ0n) is 18.3. The van der Waals surface area contributed by atoms with Gasteiger partial charge in [0.1, 0.15) is 11.3 Å². The van der Waals surface area contributed by atoms with E-state index in [2.05, 4.69) is 0 Å². The first-order valence-corrected chi connectivity index (χ1v) is 10.6. The van der Waals surface area contributed by atoms with Gasteiger partial charge >= 0.3 is 5.97 Å². The first kappa shape index (κ1) is 21.8. The van der Waals surface area contributed by atoms with Crippen molar-refractivity contribution in [1.82, 2.24) is 4.90 Å². The van der Waals surface area contributed by atoms with E-state index >= 15 is 0 Å². The van der Waals surface area contributed by atoms with Crippen LogP contribution in [0.5, 0.6) is 0 Å². The van der Waals surface area contributed by atoms with Gasteiger partial charge in [0.25, 0.3) is 5.91 Å². The van der Waals surface area contributed by atoms with Crippen LogP contribution in [0, 0.1) is 6.92 Å². The SMILES string of the molecule is Cc1c(-c2ccccc2)oc2c(C(=O)OCC(=O)N3CC(C)OC(C)C3)cccc2c1=O. The summed E-state index contributed by atoms with van der Waals surface area (Å²) < 4.78 is 17.0. The van der Waals surface area contributed by atoms with Crippen molar-refractivity contribution < 1.29 is 23.5 Å². The topological polar surface area (TPSA) is 86.1 Å². The molecule has 1 aliphatic rings. The Bertz CT molecular complexity index is 1210. The molecule has 1 aliphatic heterocycles. The molecule has 0 radical (unpaired) electrons. The molecule has 7 heteroatoms. The Morgan fingerprint density at radius 1 is 1.03 bits per heavy atom. The van der Waals surface area contributed by atoms with E-state index < -0.39 is 12.6 Å². The fourth-order valence-corrected chi connectivity index (χ4v) is 4.01. The van der Waals surface area contributed by atoms with E-state index in [0.29, 0.717) is 29.8 Å². The highest BCUT2D eigenvalue weighted by Gasteiger charge is 2.27. The van der Waals surface area contributed by atoms with E-state index in [4.69, 9.17) is 13.9 Å². The van der Waals surface area contributed by atoms with Crippen LogP contribution in [0.15, 0.2) is 57.7 Å². The predicted molar refractivity (Wildman–Crippen MR) is 120 cm³/mol. The number of benzene rings is 2. The fourth-order valence-electron chi connectivity index (χ4n) is 4.01. The van der Waals surface area contributed by atoms with Crippen molar-refractivity contribution in [2.75, 3.05) is 19.7 Å². The number of carbonyl (C=O) groups is 2. The average Bonchev–Trinajstić information content (AvgIpc) is 2.79. The average molecular weight is 435 g/mol. The molecular weight excluding hydrogens is 410 g/mol. The highest BCUT2D eigenvalue weighted by atomic mass is 16.5. The minimum Gasteiger partial charge on any atom is -0.455 e. The number of rotatable bonds is 4. The summed E-state index contributed by atoms with van der Waals surface area (Å²) in [6.45, 7) is 5.99. The van der Waals surface area contributed by atoms with E-state index in [0.717, 1.165) is 5.56 Å². The Labute approximate surface area is 185 Å². The zero-order chi connectivity index (χ0) is 22.8. The second-order valence-corrected chi connectivity index (χ2v) is 8.07. The summed E-state index contributed by atoms with van der Waals surface area (Å²) in [5, 5.41) is 0.291. The predicted octanol–water partition coefficient (Wildman–Crippen LogP) is 3.56. The van der Waals surface area contributed by atoms with E-state index in [1.165, 1.54) is 6.07 Å². The minimum atomic E-state index is -0.718. The molecule has 2 aromatic carbocycles. The second kappa shape index (κ2) is 8.96. The Morgan fingerprint density at radius 3 is 2.41 bits per heavy atom. The van der Waals surface area contributed by atoms with Crippen molar-refractivity contribution in [3.8, 4) is 11.3 Å². The van der Waals surface area contributed by atoms with Gasteiger partial charge in [-0.15, -0.1) is 0 Å². The van der Waals surface area contributed by atoms with Gasteiger partial charge in [-0.3, -0.25) is 9.59 Å². The molecule has 4 rings (SSSR count). The maximum atomic E-state index is 12.9. The van der Waals surface area contributed by atoms with Crippen molar-refractivity contribution >= 4 is 22.8 Å². The highest BCUT2D eigenvalue weighted by Crippen LogP contribution is 2.27. The molecule has 2 unspecified atom stereocenters. The van der Waals surface area contributed by atoms with Crippen molar-refractivity contribution in [3.63, 3.8) is 0 Å². The Morgan fingerprint density at radius 2 is 1.72 bits per heavy atom. The van der Waals surface area contributed by atoms with Crippen molar-refractivity contribution in [2.24, 2.45) is 0 Å². The molecule has 0 spiro atoms. The summed E-state index contributed by atoms with van der Waals surface area (Å²) in [5.74, 6) is -0.608. The largest absolute Gasteiger partial charge is 0.455 e. The first-order valence-electron chi connectivity index (χ1n) is 10.6.